The average molecular weight is 256 g/mol. The Bertz CT molecular complexity index is 261. The number of ether oxygens (including phenoxy) is 2. The zero-order chi connectivity index (χ0) is 12.8. The summed E-state index contributed by atoms with van der Waals surface area (Å²) in [4.78, 5) is 14.0. The minimum Gasteiger partial charge on any atom is -0.378 e. The van der Waals surface area contributed by atoms with Crippen molar-refractivity contribution >= 4 is 5.91 Å². The fourth-order valence-corrected chi connectivity index (χ4v) is 2.42. The van der Waals surface area contributed by atoms with E-state index >= 15 is 0 Å². The number of morpholine rings is 1. The molecule has 104 valence electrons. The second-order valence-corrected chi connectivity index (χ2v) is 5.06. The van der Waals surface area contributed by atoms with Gasteiger partial charge in [0.1, 0.15) is 0 Å². The lowest BCUT2D eigenvalue weighted by atomic mass is 10.1. The number of amides is 1. The number of hydrogen-bond donors (Lipinski definition) is 1. The highest BCUT2D eigenvalue weighted by Gasteiger charge is 2.23. The first kappa shape index (κ1) is 13.8. The van der Waals surface area contributed by atoms with E-state index in [-0.39, 0.29) is 18.1 Å². The molecule has 2 rings (SSSR count). The Morgan fingerprint density at radius 1 is 1.33 bits per heavy atom. The molecule has 0 aromatic carbocycles. The summed E-state index contributed by atoms with van der Waals surface area (Å²) in [5.74, 6) is 0.175. The van der Waals surface area contributed by atoms with Crippen molar-refractivity contribution in [2.75, 3.05) is 39.5 Å². The van der Waals surface area contributed by atoms with E-state index in [1.54, 1.807) is 0 Å². The highest BCUT2D eigenvalue weighted by Crippen LogP contribution is 2.12. The van der Waals surface area contributed by atoms with Crippen LogP contribution in [0.5, 0.6) is 0 Å². The molecule has 0 radical (unpaired) electrons. The monoisotopic (exact) mass is 256 g/mol. The van der Waals surface area contributed by atoms with Gasteiger partial charge in [-0.2, -0.15) is 0 Å². The number of carbonyl (C=O) groups excluding carboxylic acids is 1. The van der Waals surface area contributed by atoms with Crippen LogP contribution in [-0.4, -0.2) is 62.4 Å². The molecule has 2 atom stereocenters. The van der Waals surface area contributed by atoms with Crippen molar-refractivity contribution < 1.29 is 14.3 Å². The second kappa shape index (κ2) is 7.07. The Morgan fingerprint density at radius 2 is 2.11 bits per heavy atom. The summed E-state index contributed by atoms with van der Waals surface area (Å²) in [6.45, 7) is 6.31. The molecular formula is C13H24N2O3. The average Bonchev–Trinajstić information content (AvgIpc) is 2.46. The van der Waals surface area contributed by atoms with Gasteiger partial charge >= 0.3 is 0 Å². The number of nitrogens with zero attached hydrogens (tertiary/aromatic N) is 1. The lowest BCUT2D eigenvalue weighted by molar-refractivity contribution is -0.137. The van der Waals surface area contributed by atoms with Crippen LogP contribution in [-0.2, 0) is 14.3 Å². The highest BCUT2D eigenvalue weighted by molar-refractivity contribution is 5.81. The van der Waals surface area contributed by atoms with E-state index in [9.17, 15) is 4.79 Å². The maximum atomic E-state index is 12.1. The maximum Gasteiger partial charge on any atom is 0.239 e. The van der Waals surface area contributed by atoms with Gasteiger partial charge in [-0.15, -0.1) is 0 Å². The van der Waals surface area contributed by atoms with Crippen LogP contribution < -0.4 is 5.32 Å². The summed E-state index contributed by atoms with van der Waals surface area (Å²) < 4.78 is 10.9. The second-order valence-electron chi connectivity index (χ2n) is 5.06. The van der Waals surface area contributed by atoms with Gasteiger partial charge in [0, 0.05) is 26.2 Å². The fraction of sp³-hybridized carbons (Fsp3) is 0.923. The van der Waals surface area contributed by atoms with E-state index in [1.165, 1.54) is 12.8 Å². The van der Waals surface area contributed by atoms with Gasteiger partial charge in [0.15, 0.2) is 0 Å². The molecule has 1 N–H and O–H groups in total. The maximum absolute atomic E-state index is 12.1. The predicted octanol–water partition coefficient (Wildman–Crippen LogP) is 0.392. The van der Waals surface area contributed by atoms with Crippen LogP contribution in [0.15, 0.2) is 0 Å². The summed E-state index contributed by atoms with van der Waals surface area (Å²) in [6.07, 6.45) is 3.78. The van der Waals surface area contributed by atoms with Crippen LogP contribution in [0, 0.1) is 0 Å². The molecule has 0 aromatic rings. The van der Waals surface area contributed by atoms with E-state index in [4.69, 9.17) is 9.47 Å². The molecule has 1 amide bonds. The van der Waals surface area contributed by atoms with Gasteiger partial charge < -0.3 is 19.7 Å². The molecule has 5 heteroatoms. The quantitative estimate of drug-likeness (QED) is 0.790. The molecule has 0 aliphatic carbocycles. The zero-order valence-electron chi connectivity index (χ0n) is 11.2. The third-order valence-electron chi connectivity index (χ3n) is 3.62. The van der Waals surface area contributed by atoms with Crippen molar-refractivity contribution in [2.45, 2.75) is 38.3 Å². The van der Waals surface area contributed by atoms with Gasteiger partial charge in [-0.05, 0) is 26.2 Å². The molecule has 0 aromatic heterocycles. The fourth-order valence-electron chi connectivity index (χ4n) is 2.42. The van der Waals surface area contributed by atoms with Gasteiger partial charge in [0.2, 0.25) is 5.91 Å². The van der Waals surface area contributed by atoms with Crippen LogP contribution >= 0.6 is 0 Å². The molecule has 5 nitrogen and oxygen atoms in total. The van der Waals surface area contributed by atoms with Gasteiger partial charge in [-0.25, -0.2) is 0 Å². The molecule has 2 fully saturated rings. The Balaban J connectivity index is 1.69. The minimum absolute atomic E-state index is 0.131. The molecule has 2 aliphatic rings. The van der Waals surface area contributed by atoms with Crippen molar-refractivity contribution in [1.82, 2.24) is 10.2 Å². The molecule has 2 aliphatic heterocycles. The summed E-state index contributed by atoms with van der Waals surface area (Å²) >= 11 is 0. The van der Waals surface area contributed by atoms with E-state index < -0.39 is 0 Å². The molecule has 2 heterocycles. The molecular weight excluding hydrogens is 232 g/mol. The number of hydrogen-bond acceptors (Lipinski definition) is 4. The van der Waals surface area contributed by atoms with Crippen molar-refractivity contribution in [3.8, 4) is 0 Å². The van der Waals surface area contributed by atoms with Crippen molar-refractivity contribution in [3.05, 3.63) is 0 Å². The molecule has 18 heavy (non-hydrogen) atoms. The predicted molar refractivity (Wildman–Crippen MR) is 68.5 cm³/mol. The van der Waals surface area contributed by atoms with Gasteiger partial charge in [-0.1, -0.05) is 0 Å². The Kier molecular flexibility index (Phi) is 5.41. The zero-order valence-corrected chi connectivity index (χ0v) is 11.2. The van der Waals surface area contributed by atoms with Crippen molar-refractivity contribution in [2.24, 2.45) is 0 Å². The lowest BCUT2D eigenvalue weighted by Crippen LogP contribution is -2.50. The molecule has 0 saturated carbocycles. The van der Waals surface area contributed by atoms with Crippen molar-refractivity contribution in [1.29, 1.82) is 0 Å². The molecule has 2 unspecified atom stereocenters. The third kappa shape index (κ3) is 3.93. The number of carbonyl (C=O) groups is 1. The first-order valence-electron chi connectivity index (χ1n) is 6.99. The van der Waals surface area contributed by atoms with E-state index in [0.717, 1.165) is 19.6 Å². The van der Waals surface area contributed by atoms with Gasteiger partial charge in [-0.3, -0.25) is 4.79 Å². The molecule has 2 saturated heterocycles. The van der Waals surface area contributed by atoms with Crippen molar-refractivity contribution in [3.63, 3.8) is 0 Å². The van der Waals surface area contributed by atoms with E-state index in [1.807, 2.05) is 11.8 Å². The third-order valence-corrected chi connectivity index (χ3v) is 3.62. The van der Waals surface area contributed by atoms with Crippen LogP contribution in [0.3, 0.4) is 0 Å². The Labute approximate surface area is 109 Å². The smallest absolute Gasteiger partial charge is 0.239 e. The minimum atomic E-state index is -0.131. The van der Waals surface area contributed by atoms with Crippen LogP contribution in [0.1, 0.15) is 26.2 Å². The normalized spacial score (nSPS) is 26.9. The standard InChI is InChI=1S/C13H24N2O3/c1-11(13(16)15-5-8-17-9-6-15)14-10-12-4-2-3-7-18-12/h11-12,14H,2-10H2,1H3. The first-order chi connectivity index (χ1) is 8.77. The summed E-state index contributed by atoms with van der Waals surface area (Å²) in [5, 5.41) is 3.29. The molecule has 0 spiro atoms. The molecule has 0 bridgehead atoms. The first-order valence-corrected chi connectivity index (χ1v) is 6.99. The summed E-state index contributed by atoms with van der Waals surface area (Å²) in [7, 11) is 0. The number of rotatable bonds is 4. The van der Waals surface area contributed by atoms with Crippen LogP contribution in [0.25, 0.3) is 0 Å². The van der Waals surface area contributed by atoms with E-state index in [2.05, 4.69) is 5.32 Å². The lowest BCUT2D eigenvalue weighted by Gasteiger charge is -2.30. The highest BCUT2D eigenvalue weighted by atomic mass is 16.5. The topological polar surface area (TPSA) is 50.8 Å². The van der Waals surface area contributed by atoms with Gasteiger partial charge in [0.25, 0.3) is 0 Å². The Morgan fingerprint density at radius 3 is 2.78 bits per heavy atom. The van der Waals surface area contributed by atoms with Crippen LogP contribution in [0.2, 0.25) is 0 Å². The van der Waals surface area contributed by atoms with Crippen LogP contribution in [0.4, 0.5) is 0 Å². The SMILES string of the molecule is CC(NCC1CCCCO1)C(=O)N1CCOCC1. The summed E-state index contributed by atoms with van der Waals surface area (Å²) in [5.41, 5.74) is 0. The Hall–Kier alpha value is -0.650. The summed E-state index contributed by atoms with van der Waals surface area (Å²) in [6, 6.07) is -0.131. The van der Waals surface area contributed by atoms with Gasteiger partial charge in [0.05, 0.1) is 25.4 Å². The van der Waals surface area contributed by atoms with E-state index in [0.29, 0.717) is 26.3 Å². The largest absolute Gasteiger partial charge is 0.378 e. The number of nitrogens with one attached hydrogen (secondary N) is 1.